The molecule has 0 radical (unpaired) electrons. The van der Waals surface area contributed by atoms with Gasteiger partial charge in [-0.15, -0.1) is 0 Å². The molecule has 5 nitrogen and oxygen atoms in total. The third kappa shape index (κ3) is 2.66. The molecule has 19 heavy (non-hydrogen) atoms. The fourth-order valence-electron chi connectivity index (χ4n) is 2.09. The molecule has 1 fully saturated rings. The van der Waals surface area contributed by atoms with E-state index >= 15 is 0 Å². The standard InChI is InChI=1S/C14H16N4O/c15-12-3-1-11(2-4-12)14-16-6-5-13(17-14)18-7-9-19-10-8-18/h1-6H,7-10,15H2. The van der Waals surface area contributed by atoms with Crippen molar-refractivity contribution in [2.45, 2.75) is 0 Å². The first-order valence-corrected chi connectivity index (χ1v) is 6.34. The van der Waals surface area contributed by atoms with E-state index in [1.165, 1.54) is 0 Å². The fraction of sp³-hybridized carbons (Fsp3) is 0.286. The maximum Gasteiger partial charge on any atom is 0.161 e. The Morgan fingerprint density at radius 3 is 2.53 bits per heavy atom. The highest BCUT2D eigenvalue weighted by molar-refractivity contribution is 5.60. The van der Waals surface area contributed by atoms with E-state index in [-0.39, 0.29) is 0 Å². The summed E-state index contributed by atoms with van der Waals surface area (Å²) in [5, 5.41) is 0. The molecule has 98 valence electrons. The molecule has 3 rings (SSSR count). The van der Waals surface area contributed by atoms with E-state index in [4.69, 9.17) is 10.5 Å². The van der Waals surface area contributed by atoms with Crippen LogP contribution in [-0.4, -0.2) is 36.3 Å². The highest BCUT2D eigenvalue weighted by Gasteiger charge is 2.13. The number of rotatable bonds is 2. The Hall–Kier alpha value is -2.14. The molecule has 0 atom stereocenters. The van der Waals surface area contributed by atoms with Crippen LogP contribution in [0.15, 0.2) is 36.5 Å². The van der Waals surface area contributed by atoms with E-state index in [0.29, 0.717) is 0 Å². The van der Waals surface area contributed by atoms with Crippen LogP contribution < -0.4 is 10.6 Å². The largest absolute Gasteiger partial charge is 0.399 e. The van der Waals surface area contributed by atoms with Crippen molar-refractivity contribution in [3.8, 4) is 11.4 Å². The van der Waals surface area contributed by atoms with Gasteiger partial charge in [-0.05, 0) is 30.3 Å². The minimum Gasteiger partial charge on any atom is -0.399 e. The topological polar surface area (TPSA) is 64.3 Å². The highest BCUT2D eigenvalue weighted by atomic mass is 16.5. The summed E-state index contributed by atoms with van der Waals surface area (Å²) in [6.07, 6.45) is 1.80. The molecular formula is C14H16N4O. The van der Waals surface area contributed by atoms with Gasteiger partial charge < -0.3 is 15.4 Å². The lowest BCUT2D eigenvalue weighted by molar-refractivity contribution is 0.122. The Morgan fingerprint density at radius 1 is 1.05 bits per heavy atom. The maximum atomic E-state index is 5.69. The first-order valence-electron chi connectivity index (χ1n) is 6.34. The Bertz CT molecular complexity index is 550. The van der Waals surface area contributed by atoms with Crippen molar-refractivity contribution < 1.29 is 4.74 Å². The zero-order valence-electron chi connectivity index (χ0n) is 10.6. The zero-order chi connectivity index (χ0) is 13.1. The Labute approximate surface area is 112 Å². The minimum absolute atomic E-state index is 0.726. The number of hydrogen-bond acceptors (Lipinski definition) is 5. The molecule has 1 aliphatic heterocycles. The van der Waals surface area contributed by atoms with Gasteiger partial charge in [0.2, 0.25) is 0 Å². The molecule has 0 aliphatic carbocycles. The summed E-state index contributed by atoms with van der Waals surface area (Å²) in [6.45, 7) is 3.25. The monoisotopic (exact) mass is 256 g/mol. The van der Waals surface area contributed by atoms with Gasteiger partial charge in [0, 0.05) is 30.5 Å². The van der Waals surface area contributed by atoms with Crippen molar-refractivity contribution in [1.29, 1.82) is 0 Å². The normalized spacial score (nSPS) is 15.5. The van der Waals surface area contributed by atoms with Gasteiger partial charge in [-0.3, -0.25) is 0 Å². The molecule has 0 spiro atoms. The van der Waals surface area contributed by atoms with Crippen LogP contribution >= 0.6 is 0 Å². The van der Waals surface area contributed by atoms with Gasteiger partial charge in [0.15, 0.2) is 5.82 Å². The molecule has 2 aromatic rings. The van der Waals surface area contributed by atoms with Crippen LogP contribution in [0.2, 0.25) is 0 Å². The maximum absolute atomic E-state index is 5.69. The first kappa shape index (κ1) is 11.9. The quantitative estimate of drug-likeness (QED) is 0.826. The summed E-state index contributed by atoms with van der Waals surface area (Å²) in [6, 6.07) is 9.54. The second-order valence-electron chi connectivity index (χ2n) is 4.46. The first-order chi connectivity index (χ1) is 9.33. The minimum atomic E-state index is 0.726. The van der Waals surface area contributed by atoms with Crippen molar-refractivity contribution in [2.24, 2.45) is 0 Å². The number of ether oxygens (including phenoxy) is 1. The van der Waals surface area contributed by atoms with Crippen molar-refractivity contribution in [3.05, 3.63) is 36.5 Å². The van der Waals surface area contributed by atoms with E-state index in [2.05, 4.69) is 14.9 Å². The van der Waals surface area contributed by atoms with Crippen LogP contribution in [0.4, 0.5) is 11.5 Å². The number of nitrogen functional groups attached to an aromatic ring is 1. The molecule has 0 unspecified atom stereocenters. The molecule has 0 saturated carbocycles. The number of nitrogens with zero attached hydrogens (tertiary/aromatic N) is 3. The average Bonchev–Trinajstić information content (AvgIpc) is 2.49. The molecule has 5 heteroatoms. The van der Waals surface area contributed by atoms with Gasteiger partial charge in [-0.2, -0.15) is 0 Å². The average molecular weight is 256 g/mol. The third-order valence-electron chi connectivity index (χ3n) is 3.14. The van der Waals surface area contributed by atoms with E-state index in [0.717, 1.165) is 49.2 Å². The fourth-order valence-corrected chi connectivity index (χ4v) is 2.09. The second kappa shape index (κ2) is 5.24. The van der Waals surface area contributed by atoms with E-state index in [9.17, 15) is 0 Å². The van der Waals surface area contributed by atoms with Crippen molar-refractivity contribution in [1.82, 2.24) is 9.97 Å². The molecule has 0 amide bonds. The molecule has 1 saturated heterocycles. The Kier molecular flexibility index (Phi) is 3.29. The summed E-state index contributed by atoms with van der Waals surface area (Å²) in [5.41, 5.74) is 7.41. The smallest absolute Gasteiger partial charge is 0.161 e. The lowest BCUT2D eigenvalue weighted by atomic mass is 10.2. The van der Waals surface area contributed by atoms with Gasteiger partial charge in [-0.25, -0.2) is 9.97 Å². The highest BCUT2D eigenvalue weighted by Crippen LogP contribution is 2.19. The molecule has 0 bridgehead atoms. The number of morpholine rings is 1. The molecule has 1 aliphatic rings. The van der Waals surface area contributed by atoms with Crippen LogP contribution in [0.3, 0.4) is 0 Å². The van der Waals surface area contributed by atoms with Gasteiger partial charge in [0.25, 0.3) is 0 Å². The van der Waals surface area contributed by atoms with Gasteiger partial charge >= 0.3 is 0 Å². The van der Waals surface area contributed by atoms with E-state index in [1.807, 2.05) is 30.3 Å². The van der Waals surface area contributed by atoms with Crippen LogP contribution in [0.25, 0.3) is 11.4 Å². The second-order valence-corrected chi connectivity index (χ2v) is 4.46. The molecule has 2 N–H and O–H groups in total. The number of benzene rings is 1. The lowest BCUT2D eigenvalue weighted by Gasteiger charge is -2.27. The van der Waals surface area contributed by atoms with Crippen LogP contribution in [0.5, 0.6) is 0 Å². The predicted octanol–water partition coefficient (Wildman–Crippen LogP) is 1.56. The summed E-state index contributed by atoms with van der Waals surface area (Å²) in [5.74, 6) is 1.68. The van der Waals surface area contributed by atoms with Crippen molar-refractivity contribution >= 4 is 11.5 Å². The molecule has 1 aromatic carbocycles. The van der Waals surface area contributed by atoms with Gasteiger partial charge in [-0.1, -0.05) is 0 Å². The number of nitrogens with two attached hydrogens (primary N) is 1. The number of aromatic nitrogens is 2. The van der Waals surface area contributed by atoms with Gasteiger partial charge in [0.05, 0.1) is 13.2 Å². The van der Waals surface area contributed by atoms with Crippen LogP contribution in [0, 0.1) is 0 Å². The summed E-state index contributed by atoms with van der Waals surface area (Å²) in [7, 11) is 0. The Morgan fingerprint density at radius 2 is 1.79 bits per heavy atom. The van der Waals surface area contributed by atoms with Crippen molar-refractivity contribution in [2.75, 3.05) is 36.9 Å². The van der Waals surface area contributed by atoms with E-state index in [1.54, 1.807) is 6.20 Å². The zero-order valence-corrected chi connectivity index (χ0v) is 10.6. The number of hydrogen-bond donors (Lipinski definition) is 1. The predicted molar refractivity (Wildman–Crippen MR) is 74.9 cm³/mol. The van der Waals surface area contributed by atoms with Crippen LogP contribution in [0.1, 0.15) is 0 Å². The summed E-state index contributed by atoms with van der Waals surface area (Å²) < 4.78 is 5.35. The van der Waals surface area contributed by atoms with Crippen molar-refractivity contribution in [3.63, 3.8) is 0 Å². The lowest BCUT2D eigenvalue weighted by Crippen LogP contribution is -2.36. The number of anilines is 2. The van der Waals surface area contributed by atoms with Crippen LogP contribution in [-0.2, 0) is 4.74 Å². The molecular weight excluding hydrogens is 240 g/mol. The molecule has 2 heterocycles. The summed E-state index contributed by atoms with van der Waals surface area (Å²) in [4.78, 5) is 11.2. The Balaban J connectivity index is 1.88. The molecule has 1 aromatic heterocycles. The summed E-state index contributed by atoms with van der Waals surface area (Å²) >= 11 is 0. The van der Waals surface area contributed by atoms with Gasteiger partial charge in [0.1, 0.15) is 5.82 Å². The SMILES string of the molecule is Nc1ccc(-c2nccc(N3CCOCC3)n2)cc1. The van der Waals surface area contributed by atoms with E-state index < -0.39 is 0 Å². The third-order valence-corrected chi connectivity index (χ3v) is 3.14.